The molecule has 0 radical (unpaired) electrons. The zero-order valence-electron chi connectivity index (χ0n) is 40.9. The number of aliphatic imine (C=N–C) groups is 1. The molecule has 1 nitrogen and oxygen atoms in total. The maximum absolute atomic E-state index is 5.47. The van der Waals surface area contributed by atoms with E-state index in [9.17, 15) is 0 Å². The summed E-state index contributed by atoms with van der Waals surface area (Å²) in [6.45, 7) is 28.7. The van der Waals surface area contributed by atoms with Gasteiger partial charge in [-0.3, -0.25) is 0 Å². The minimum Gasteiger partial charge on any atom is -0.247 e. The zero-order valence-corrected chi connectivity index (χ0v) is 41.7. The van der Waals surface area contributed by atoms with Crippen LogP contribution in [0, 0.1) is 13.8 Å². The number of hydrogen-bond donors (Lipinski definition) is 0. The van der Waals surface area contributed by atoms with Crippen LogP contribution in [0.25, 0.3) is 66.0 Å². The minimum atomic E-state index is 0.945. The van der Waals surface area contributed by atoms with Gasteiger partial charge in [0.05, 0.1) is 16.3 Å². The molecule has 8 rings (SSSR count). The lowest BCUT2D eigenvalue weighted by atomic mass is 9.90. The lowest BCUT2D eigenvalue weighted by molar-refractivity contribution is 1.41. The van der Waals surface area contributed by atoms with Crippen LogP contribution in [-0.4, -0.2) is 5.71 Å². The normalized spacial score (nSPS) is 12.4. The van der Waals surface area contributed by atoms with Crippen molar-refractivity contribution in [3.63, 3.8) is 0 Å². The molecule has 2 heteroatoms. The summed E-state index contributed by atoms with van der Waals surface area (Å²) in [6, 6.07) is 56.0. The highest BCUT2D eigenvalue weighted by molar-refractivity contribution is 7.21. The topological polar surface area (TPSA) is 12.4 Å². The van der Waals surface area contributed by atoms with Crippen molar-refractivity contribution < 1.29 is 0 Å². The molecule has 8 aromatic rings. The van der Waals surface area contributed by atoms with Crippen LogP contribution in [0.3, 0.4) is 0 Å². The van der Waals surface area contributed by atoms with Crippen LogP contribution >= 0.6 is 11.3 Å². The van der Waals surface area contributed by atoms with E-state index in [1.165, 1.54) is 75.8 Å². The summed E-state index contributed by atoms with van der Waals surface area (Å²) >= 11 is 1.81. The van der Waals surface area contributed by atoms with Gasteiger partial charge in [0.1, 0.15) is 0 Å². The summed E-state index contributed by atoms with van der Waals surface area (Å²) in [6.07, 6.45) is 18.1. The molecule has 0 spiro atoms. The summed E-state index contributed by atoms with van der Waals surface area (Å²) < 4.78 is 1.27. The number of thiophene rings is 1. The van der Waals surface area contributed by atoms with Gasteiger partial charge in [0, 0.05) is 15.8 Å². The highest BCUT2D eigenvalue weighted by atomic mass is 32.1. The fourth-order valence-electron chi connectivity index (χ4n) is 8.54. The van der Waals surface area contributed by atoms with Gasteiger partial charge in [0.25, 0.3) is 0 Å². The van der Waals surface area contributed by atoms with Gasteiger partial charge >= 0.3 is 0 Å². The van der Waals surface area contributed by atoms with Crippen LogP contribution in [0.5, 0.6) is 0 Å². The molecule has 7 aromatic carbocycles. The first-order valence-electron chi connectivity index (χ1n) is 23.5. The van der Waals surface area contributed by atoms with Crippen LogP contribution in [0.2, 0.25) is 0 Å². The van der Waals surface area contributed by atoms with Gasteiger partial charge in [0.2, 0.25) is 0 Å². The molecule has 0 atom stereocenters. The molecule has 1 heterocycles. The fraction of sp³-hybridized carbons (Fsp3) is 0.0896. The van der Waals surface area contributed by atoms with Crippen LogP contribution in [0.15, 0.2) is 249 Å². The van der Waals surface area contributed by atoms with Crippen LogP contribution in [0.4, 0.5) is 0 Å². The van der Waals surface area contributed by atoms with Crippen molar-refractivity contribution in [2.24, 2.45) is 4.99 Å². The second-order valence-corrected chi connectivity index (χ2v) is 18.1. The first-order chi connectivity index (χ1) is 33.5. The average molecular weight is 912 g/mol. The molecule has 69 heavy (non-hydrogen) atoms. The number of aryl methyl sites for hydroxylation is 1. The Kier molecular flexibility index (Phi) is 16.5. The molecule has 0 fully saturated rings. The number of allylic oxidation sites excluding steroid dienone is 12. The van der Waals surface area contributed by atoms with Gasteiger partial charge < -0.3 is 0 Å². The van der Waals surface area contributed by atoms with Crippen LogP contribution < -0.4 is 0 Å². The van der Waals surface area contributed by atoms with E-state index in [1.807, 2.05) is 61.6 Å². The molecule has 0 bridgehead atoms. The molecule has 0 amide bonds. The van der Waals surface area contributed by atoms with E-state index in [2.05, 4.69) is 230 Å². The predicted molar refractivity (Wildman–Crippen MR) is 308 cm³/mol. The van der Waals surface area contributed by atoms with Crippen molar-refractivity contribution in [2.75, 3.05) is 0 Å². The Hall–Kier alpha value is -7.91. The smallest absolute Gasteiger partial charge is 0.0884 e. The zero-order chi connectivity index (χ0) is 48.9. The highest BCUT2D eigenvalue weighted by Crippen LogP contribution is 2.37. The quantitative estimate of drug-likeness (QED) is 0.0761. The van der Waals surface area contributed by atoms with Gasteiger partial charge in [0.15, 0.2) is 0 Å². The van der Waals surface area contributed by atoms with E-state index in [1.54, 1.807) is 0 Å². The second-order valence-electron chi connectivity index (χ2n) is 17.1. The highest BCUT2D eigenvalue weighted by Gasteiger charge is 2.18. The Labute approximate surface area is 415 Å². The van der Waals surface area contributed by atoms with Gasteiger partial charge in [-0.1, -0.05) is 214 Å². The summed E-state index contributed by atoms with van der Waals surface area (Å²) in [4.78, 5) is 6.67. The van der Waals surface area contributed by atoms with Gasteiger partial charge in [-0.05, 0) is 155 Å². The summed E-state index contributed by atoms with van der Waals surface area (Å²) in [5.74, 6) is 0. The second kappa shape index (κ2) is 23.2. The molecule has 0 saturated carbocycles. The van der Waals surface area contributed by atoms with Crippen molar-refractivity contribution >= 4 is 60.8 Å². The van der Waals surface area contributed by atoms with Crippen LogP contribution in [-0.2, 0) is 0 Å². The molecular formula is C67H61NS. The Morgan fingerprint density at radius 1 is 0.594 bits per heavy atom. The molecule has 0 aliphatic heterocycles. The SMILES string of the molecule is C=C(C)c1ccc(C(=N/C(=C\C)c2cc(-c3ccccc3)cc(-c3ccccc3)c2)c2sc3ccccc3c2C)cc1.C=C/C=C\c1c(C)c(/C(C)=C/C(=C)/C(C=C)=C/C=C\C)cc2ccccc12. The van der Waals surface area contributed by atoms with Crippen molar-refractivity contribution in [1.29, 1.82) is 0 Å². The monoisotopic (exact) mass is 911 g/mol. The number of fused-ring (bicyclic) bond motifs is 2. The number of nitrogens with zero attached hydrogens (tertiary/aromatic N) is 1. The predicted octanol–water partition coefficient (Wildman–Crippen LogP) is 19.5. The molecule has 340 valence electrons. The third kappa shape index (κ3) is 11.6. The number of hydrogen-bond acceptors (Lipinski definition) is 2. The Morgan fingerprint density at radius 2 is 1.19 bits per heavy atom. The first kappa shape index (κ1) is 49.0. The van der Waals surface area contributed by atoms with Gasteiger partial charge in [-0.2, -0.15) is 0 Å². The maximum Gasteiger partial charge on any atom is 0.0884 e. The van der Waals surface area contributed by atoms with Crippen molar-refractivity contribution in [3.8, 4) is 22.3 Å². The van der Waals surface area contributed by atoms with E-state index in [-0.39, 0.29) is 0 Å². The molecule has 1 aromatic heterocycles. The van der Waals surface area contributed by atoms with E-state index in [0.29, 0.717) is 0 Å². The van der Waals surface area contributed by atoms with E-state index >= 15 is 0 Å². The van der Waals surface area contributed by atoms with E-state index < -0.39 is 0 Å². The molecule has 0 aliphatic carbocycles. The van der Waals surface area contributed by atoms with E-state index in [4.69, 9.17) is 4.99 Å². The minimum absolute atomic E-state index is 0.945. The summed E-state index contributed by atoms with van der Waals surface area (Å²) in [5, 5.41) is 3.76. The molecular weight excluding hydrogens is 851 g/mol. The van der Waals surface area contributed by atoms with Crippen molar-refractivity contribution in [1.82, 2.24) is 0 Å². The van der Waals surface area contributed by atoms with Crippen molar-refractivity contribution in [2.45, 2.75) is 41.5 Å². The largest absolute Gasteiger partial charge is 0.247 e. The summed E-state index contributed by atoms with van der Waals surface area (Å²) in [5.41, 5.74) is 19.2. The Morgan fingerprint density at radius 3 is 1.77 bits per heavy atom. The Bertz CT molecular complexity index is 3300. The molecule has 0 unspecified atom stereocenters. The number of benzene rings is 7. The first-order valence-corrected chi connectivity index (χ1v) is 24.3. The molecule has 0 N–H and O–H groups in total. The lowest BCUT2D eigenvalue weighted by Gasteiger charge is -2.14. The molecule has 0 aliphatic rings. The Balaban J connectivity index is 0.000000226. The fourth-order valence-corrected chi connectivity index (χ4v) is 9.76. The standard InChI is InChI=1S/C40H33NS.C27H28/c1-5-37(35-25-33(30-14-8-6-9-15-30)24-34(26-35)31-16-10-7-11-17-31)41-39(32-22-20-29(21-23-32)27(2)3)40-28(4)36-18-12-13-19-38(36)42-40;1-7-10-14-23(9-3)20(4)18-21(5)27-19-24-15-12-13-17-26(24)25(22(27)6)16-11-8-2/h5-26H,2H2,1,3-4H3;7-19H,2-4H2,1,5-6H3/b37-5-,41-39?;10-7-,16-11-,21-18+,23-14+. The lowest BCUT2D eigenvalue weighted by Crippen LogP contribution is -2.04. The van der Waals surface area contributed by atoms with Crippen molar-refractivity contribution in [3.05, 3.63) is 288 Å². The summed E-state index contributed by atoms with van der Waals surface area (Å²) in [7, 11) is 0. The molecule has 0 saturated heterocycles. The third-order valence-corrected chi connectivity index (χ3v) is 13.6. The number of rotatable bonds is 14. The van der Waals surface area contributed by atoms with Gasteiger partial charge in [-0.25, -0.2) is 4.99 Å². The van der Waals surface area contributed by atoms with Crippen LogP contribution in [0.1, 0.15) is 71.5 Å². The van der Waals surface area contributed by atoms with E-state index in [0.717, 1.165) is 44.8 Å². The maximum atomic E-state index is 5.47. The van der Waals surface area contributed by atoms with Gasteiger partial charge in [-0.15, -0.1) is 11.3 Å². The average Bonchev–Trinajstić information content (AvgIpc) is 3.72. The third-order valence-electron chi connectivity index (χ3n) is 12.3.